The summed E-state index contributed by atoms with van der Waals surface area (Å²) in [6.45, 7) is -3.71. The number of hydrogen-bond acceptors (Lipinski definition) is 23. The third kappa shape index (κ3) is 8.76. The highest BCUT2D eigenvalue weighted by Gasteiger charge is 2.55. The van der Waals surface area contributed by atoms with Gasteiger partial charge in [0.25, 0.3) is 0 Å². The lowest BCUT2D eigenvalue weighted by molar-refractivity contribution is -0.377. The fourth-order valence-corrected chi connectivity index (χ4v) is 6.50. The van der Waals surface area contributed by atoms with E-state index in [1.807, 2.05) is 0 Å². The normalized spacial score (nSPS) is 50.9. The van der Waals surface area contributed by atoms with E-state index in [-0.39, 0.29) is 0 Å². The van der Waals surface area contributed by atoms with Gasteiger partial charge in [0, 0.05) is 0 Å². The summed E-state index contributed by atoms with van der Waals surface area (Å²) in [4.78, 5) is 10.2. The fraction of sp³-hybridized carbons (Fsp3) is 1.00. The van der Waals surface area contributed by atoms with Gasteiger partial charge in [0.2, 0.25) is 0 Å². The van der Waals surface area contributed by atoms with Crippen molar-refractivity contribution in [3.63, 3.8) is 0 Å². The van der Waals surface area contributed by atoms with Gasteiger partial charge < -0.3 is 105 Å². The van der Waals surface area contributed by atoms with Crippen molar-refractivity contribution in [1.82, 2.24) is 0 Å². The van der Waals surface area contributed by atoms with E-state index in [1.54, 1.807) is 0 Å². The minimum Gasteiger partial charge on any atom is -0.394 e. The van der Waals surface area contributed by atoms with Crippen molar-refractivity contribution in [1.29, 1.82) is 0 Å². The van der Waals surface area contributed by atoms with Crippen LogP contribution in [0.15, 0.2) is 0 Å². The van der Waals surface area contributed by atoms with Crippen LogP contribution >= 0.6 is 7.82 Å². The van der Waals surface area contributed by atoms with E-state index in [0.717, 1.165) is 0 Å². The summed E-state index contributed by atoms with van der Waals surface area (Å²) in [7, 11) is -5.47. The molecule has 4 aliphatic heterocycles. The Morgan fingerprint density at radius 1 is 0.408 bits per heavy atom. The summed E-state index contributed by atoms with van der Waals surface area (Å²) in [5.41, 5.74) is 0. The first-order valence-electron chi connectivity index (χ1n) is 14.9. The van der Waals surface area contributed by atoms with Gasteiger partial charge in [0.05, 0.1) is 26.4 Å². The maximum atomic E-state index is 12.7. The van der Waals surface area contributed by atoms with Gasteiger partial charge in [-0.1, -0.05) is 0 Å². The predicted molar refractivity (Wildman–Crippen MR) is 145 cm³/mol. The molecule has 0 aromatic rings. The van der Waals surface area contributed by atoms with Crippen molar-refractivity contribution in [2.75, 3.05) is 26.4 Å². The number of rotatable bonds is 12. The lowest BCUT2D eigenvalue weighted by Gasteiger charge is -2.48. The van der Waals surface area contributed by atoms with Crippen molar-refractivity contribution < 1.29 is 118 Å². The van der Waals surface area contributed by atoms with E-state index in [1.165, 1.54) is 0 Å². The molecule has 4 aliphatic rings. The zero-order valence-corrected chi connectivity index (χ0v) is 26.1. The molecule has 288 valence electrons. The average Bonchev–Trinajstić information content (AvgIpc) is 3.07. The van der Waals surface area contributed by atoms with Crippen LogP contribution < -0.4 is 0 Å². The van der Waals surface area contributed by atoms with E-state index < -0.39 is 157 Å². The Hall–Kier alpha value is -0.690. The molecule has 0 aromatic heterocycles. The first kappa shape index (κ1) is 41.1. The van der Waals surface area contributed by atoms with E-state index in [9.17, 15) is 80.9 Å². The molecule has 4 saturated heterocycles. The summed E-state index contributed by atoms with van der Waals surface area (Å²) < 4.78 is 54.0. The maximum Gasteiger partial charge on any atom is 0.477 e. The lowest BCUT2D eigenvalue weighted by Crippen LogP contribution is -2.66. The topological polar surface area (TPSA) is 394 Å². The lowest BCUT2D eigenvalue weighted by atomic mass is 9.96. The first-order chi connectivity index (χ1) is 23.0. The van der Waals surface area contributed by atoms with Crippen molar-refractivity contribution in [3.05, 3.63) is 0 Å². The van der Waals surface area contributed by atoms with Gasteiger partial charge in [0.1, 0.15) is 97.7 Å². The first-order valence-corrected chi connectivity index (χ1v) is 16.4. The average molecular weight is 747 g/mol. The highest BCUT2D eigenvalue weighted by molar-refractivity contribution is 7.47. The highest BCUT2D eigenvalue weighted by atomic mass is 31.2. The Bertz CT molecular complexity index is 1080. The molecule has 0 aliphatic carbocycles. The van der Waals surface area contributed by atoms with Gasteiger partial charge in [-0.3, -0.25) is 9.05 Å². The SMILES string of the molecule is O=P(O)(OC1O[C@H](CO)[C@@H](O[C@@H]2O[C@H](CO)[C@@H](O[C@@H]3O[C@H](CO)[C@@H](O)[C@H](O)[C@@H]3O)[C@H](O)[C@@H]2O)[C@H](O)[C@@H]1O)O[C@@H]1O[C@H](CO)[C@@H](O)[C@H](O)[C@@H]1O. The zero-order chi connectivity index (χ0) is 36.5. The van der Waals surface area contributed by atoms with Gasteiger partial charge in [-0.05, 0) is 0 Å². The molecule has 25 heteroatoms. The maximum absolute atomic E-state index is 12.7. The summed E-state index contributed by atoms with van der Waals surface area (Å²) in [5.74, 6) is 0. The molecule has 4 fully saturated rings. The molecular weight excluding hydrogens is 703 g/mol. The van der Waals surface area contributed by atoms with E-state index in [2.05, 4.69) is 4.52 Å². The van der Waals surface area contributed by atoms with Gasteiger partial charge in [-0.25, -0.2) is 4.57 Å². The number of phosphoric ester groups is 1. The molecule has 2 unspecified atom stereocenters. The van der Waals surface area contributed by atoms with Gasteiger partial charge >= 0.3 is 7.82 Å². The molecular formula is C24H43O24P. The number of aliphatic hydroxyl groups excluding tert-OH is 14. The quantitative estimate of drug-likeness (QED) is 0.0824. The Kier molecular flexibility index (Phi) is 14.2. The van der Waals surface area contributed by atoms with E-state index in [0.29, 0.717) is 0 Å². The van der Waals surface area contributed by atoms with Crippen LogP contribution in [0.4, 0.5) is 0 Å². The van der Waals surface area contributed by atoms with Crippen LogP contribution in [-0.4, -0.2) is 226 Å². The summed E-state index contributed by atoms with van der Waals surface area (Å²) in [6, 6.07) is 0. The van der Waals surface area contributed by atoms with E-state index in [4.69, 9.17) is 32.9 Å². The molecule has 0 bridgehead atoms. The van der Waals surface area contributed by atoms with Crippen molar-refractivity contribution >= 4 is 7.82 Å². The Balaban J connectivity index is 1.41. The van der Waals surface area contributed by atoms with Crippen molar-refractivity contribution in [2.45, 2.75) is 123 Å². The molecule has 49 heavy (non-hydrogen) atoms. The second kappa shape index (κ2) is 17.0. The largest absolute Gasteiger partial charge is 0.477 e. The second-order valence-electron chi connectivity index (χ2n) is 11.7. The number of aliphatic hydroxyl groups is 14. The van der Waals surface area contributed by atoms with Crippen LogP contribution in [0, 0.1) is 0 Å². The predicted octanol–water partition coefficient (Wildman–Crippen LogP) is -9.63. The number of hydrogen-bond donors (Lipinski definition) is 15. The van der Waals surface area contributed by atoms with Crippen molar-refractivity contribution in [3.8, 4) is 0 Å². The zero-order valence-electron chi connectivity index (χ0n) is 25.2. The molecule has 0 saturated carbocycles. The van der Waals surface area contributed by atoms with Crippen molar-refractivity contribution in [2.24, 2.45) is 0 Å². The summed E-state index contributed by atoms with van der Waals surface area (Å²) in [6.07, 6.45) is -38.1. The van der Waals surface area contributed by atoms with Crippen LogP contribution in [0.1, 0.15) is 0 Å². The van der Waals surface area contributed by atoms with Crippen LogP contribution in [0.2, 0.25) is 0 Å². The van der Waals surface area contributed by atoms with Gasteiger partial charge in [-0.15, -0.1) is 0 Å². The van der Waals surface area contributed by atoms with Gasteiger partial charge in [0.15, 0.2) is 25.2 Å². The third-order valence-corrected chi connectivity index (χ3v) is 9.34. The smallest absolute Gasteiger partial charge is 0.394 e. The second-order valence-corrected chi connectivity index (χ2v) is 13.0. The summed E-state index contributed by atoms with van der Waals surface area (Å²) in [5, 5.41) is 142. The third-order valence-electron chi connectivity index (χ3n) is 8.39. The van der Waals surface area contributed by atoms with Crippen LogP contribution in [0.25, 0.3) is 0 Å². The van der Waals surface area contributed by atoms with Crippen LogP contribution in [-0.2, 0) is 42.0 Å². The molecule has 0 spiro atoms. The summed E-state index contributed by atoms with van der Waals surface area (Å²) >= 11 is 0. The molecule has 0 amide bonds. The molecule has 4 rings (SSSR count). The monoisotopic (exact) mass is 746 g/mol. The van der Waals surface area contributed by atoms with Gasteiger partial charge in [-0.2, -0.15) is 0 Å². The molecule has 21 atom stereocenters. The highest BCUT2D eigenvalue weighted by Crippen LogP contribution is 2.49. The van der Waals surface area contributed by atoms with Crippen LogP contribution in [0.3, 0.4) is 0 Å². The molecule has 0 radical (unpaired) electrons. The van der Waals surface area contributed by atoms with Crippen LogP contribution in [0.5, 0.6) is 0 Å². The molecule has 4 heterocycles. The van der Waals surface area contributed by atoms with E-state index >= 15 is 0 Å². The Morgan fingerprint density at radius 3 is 1.08 bits per heavy atom. The fourth-order valence-electron chi connectivity index (χ4n) is 5.57. The Labute approximate surface area is 275 Å². The molecule has 15 N–H and O–H groups in total. The number of phosphoric acid groups is 1. The molecule has 0 aromatic carbocycles. The minimum absolute atomic E-state index is 0.812. The number of ether oxygens (including phenoxy) is 6. The Morgan fingerprint density at radius 2 is 0.694 bits per heavy atom. The minimum atomic E-state index is -5.47. The molecule has 24 nitrogen and oxygen atoms in total. The standard InChI is InChI=1S/C24H43O24P/c25-1-5-9(29)11(31)15(35)21(41-5)45-19-7(3-27)43-22(17(37)13(19)33)46-20-8(4-28)44-24(18(38)14(20)34)48-49(39,40)47-23-16(36)12(32)10(30)6(2-26)42-23/h5-38H,1-4H2,(H,39,40)/t5-,6-,7-,8-,9-,10-,11+,12+,13-,14-,15+,16+,17+,18+,19-,20-,21+,22+,23+,24?/m1/s1.